The molecule has 0 bridgehead atoms. The molecule has 0 saturated carbocycles. The molecule has 1 unspecified atom stereocenters. The van der Waals surface area contributed by atoms with E-state index in [4.69, 9.17) is 4.74 Å². The number of ether oxygens (including phenoxy) is 1. The molecule has 1 atom stereocenters. The van der Waals surface area contributed by atoms with Crippen LogP contribution in [0.3, 0.4) is 0 Å². The molecule has 0 amide bonds. The zero-order chi connectivity index (χ0) is 10.4. The molecule has 0 aliphatic rings. The van der Waals surface area contributed by atoms with Crippen LogP contribution in [0.5, 0.6) is 0 Å². The Labute approximate surface area is 84.7 Å². The van der Waals surface area contributed by atoms with Gasteiger partial charge in [0.15, 0.2) is 0 Å². The molecule has 0 fully saturated rings. The van der Waals surface area contributed by atoms with E-state index in [0.717, 1.165) is 17.5 Å². The summed E-state index contributed by atoms with van der Waals surface area (Å²) in [6, 6.07) is 1.89. The second-order valence-electron chi connectivity index (χ2n) is 3.32. The van der Waals surface area contributed by atoms with Crippen LogP contribution in [0.15, 0.2) is 18.5 Å². The monoisotopic (exact) mass is 195 g/mol. The van der Waals surface area contributed by atoms with Crippen molar-refractivity contribution in [2.75, 3.05) is 13.2 Å². The maximum absolute atomic E-state index is 9.76. The quantitative estimate of drug-likeness (QED) is 0.729. The summed E-state index contributed by atoms with van der Waals surface area (Å²) in [5, 5.41) is 9.76. The highest BCUT2D eigenvalue weighted by molar-refractivity contribution is 5.23. The molecule has 0 aliphatic carbocycles. The van der Waals surface area contributed by atoms with Gasteiger partial charge in [-0.25, -0.2) is 0 Å². The Morgan fingerprint density at radius 1 is 1.57 bits per heavy atom. The first-order valence-corrected chi connectivity index (χ1v) is 4.92. The number of rotatable bonds is 5. The van der Waals surface area contributed by atoms with Gasteiger partial charge in [-0.1, -0.05) is 6.92 Å². The highest BCUT2D eigenvalue weighted by atomic mass is 16.5. The van der Waals surface area contributed by atoms with E-state index in [1.165, 1.54) is 0 Å². The van der Waals surface area contributed by atoms with E-state index >= 15 is 0 Å². The predicted molar refractivity (Wildman–Crippen MR) is 55.0 cm³/mol. The van der Waals surface area contributed by atoms with Gasteiger partial charge in [0.1, 0.15) is 6.10 Å². The summed E-state index contributed by atoms with van der Waals surface area (Å²) in [7, 11) is 0. The van der Waals surface area contributed by atoms with Crippen LogP contribution in [0.4, 0.5) is 0 Å². The zero-order valence-corrected chi connectivity index (χ0v) is 8.73. The summed E-state index contributed by atoms with van der Waals surface area (Å²) < 4.78 is 5.28. The molecule has 0 aliphatic heterocycles. The van der Waals surface area contributed by atoms with E-state index in [9.17, 15) is 5.11 Å². The van der Waals surface area contributed by atoms with Crippen molar-refractivity contribution >= 4 is 0 Å². The predicted octanol–water partition coefficient (Wildman–Crippen LogP) is 1.85. The van der Waals surface area contributed by atoms with Crippen LogP contribution in [-0.4, -0.2) is 23.3 Å². The van der Waals surface area contributed by atoms with Gasteiger partial charge in [0, 0.05) is 24.6 Å². The van der Waals surface area contributed by atoms with Gasteiger partial charge in [0.2, 0.25) is 0 Å². The maximum atomic E-state index is 9.76. The number of pyridine rings is 1. The minimum absolute atomic E-state index is 0.348. The average Bonchev–Trinajstić information content (AvgIpc) is 2.18. The van der Waals surface area contributed by atoms with Gasteiger partial charge in [-0.05, 0) is 25.0 Å². The summed E-state index contributed by atoms with van der Waals surface area (Å²) >= 11 is 0. The lowest BCUT2D eigenvalue weighted by Crippen LogP contribution is -2.09. The van der Waals surface area contributed by atoms with Gasteiger partial charge in [-0.15, -0.1) is 0 Å². The van der Waals surface area contributed by atoms with Crippen LogP contribution in [0.25, 0.3) is 0 Å². The molecular weight excluding hydrogens is 178 g/mol. The first kappa shape index (κ1) is 11.1. The van der Waals surface area contributed by atoms with E-state index in [-0.39, 0.29) is 0 Å². The smallest absolute Gasteiger partial charge is 0.104 e. The van der Waals surface area contributed by atoms with E-state index < -0.39 is 6.10 Å². The molecule has 0 spiro atoms. The Bertz CT molecular complexity index is 276. The van der Waals surface area contributed by atoms with Gasteiger partial charge in [0.05, 0.1) is 6.61 Å². The van der Waals surface area contributed by atoms with Gasteiger partial charge in [-0.2, -0.15) is 0 Å². The third-order valence-corrected chi connectivity index (χ3v) is 2.06. The lowest BCUT2D eigenvalue weighted by molar-refractivity contribution is 0.0359. The minimum Gasteiger partial charge on any atom is -0.386 e. The molecule has 0 aromatic carbocycles. The normalized spacial score (nSPS) is 12.8. The standard InChI is InChI=1S/C11H17NO2/c1-3-6-14-8-11(13)10-7-12-5-4-9(10)2/h4-5,7,11,13H,3,6,8H2,1-2H3. The maximum Gasteiger partial charge on any atom is 0.104 e. The van der Waals surface area contributed by atoms with Crippen molar-refractivity contribution in [2.24, 2.45) is 0 Å². The molecule has 14 heavy (non-hydrogen) atoms. The summed E-state index contributed by atoms with van der Waals surface area (Å²) in [5.74, 6) is 0. The Kier molecular flexibility index (Phi) is 4.56. The Morgan fingerprint density at radius 3 is 3.00 bits per heavy atom. The van der Waals surface area contributed by atoms with Crippen molar-refractivity contribution in [1.29, 1.82) is 0 Å². The third-order valence-electron chi connectivity index (χ3n) is 2.06. The number of hydrogen-bond donors (Lipinski definition) is 1. The number of aryl methyl sites for hydroxylation is 1. The third kappa shape index (κ3) is 3.09. The van der Waals surface area contributed by atoms with Gasteiger partial charge in [0.25, 0.3) is 0 Å². The van der Waals surface area contributed by atoms with Crippen molar-refractivity contribution in [2.45, 2.75) is 26.4 Å². The van der Waals surface area contributed by atoms with E-state index in [1.54, 1.807) is 12.4 Å². The summed E-state index contributed by atoms with van der Waals surface area (Å²) in [6.07, 6.45) is 3.82. The second-order valence-corrected chi connectivity index (χ2v) is 3.32. The van der Waals surface area contributed by atoms with Gasteiger partial charge in [-0.3, -0.25) is 4.98 Å². The van der Waals surface area contributed by atoms with Crippen LogP contribution >= 0.6 is 0 Å². The second kappa shape index (κ2) is 5.73. The molecule has 0 saturated heterocycles. The fraction of sp³-hybridized carbons (Fsp3) is 0.545. The Morgan fingerprint density at radius 2 is 2.36 bits per heavy atom. The van der Waals surface area contributed by atoms with Crippen molar-refractivity contribution in [3.63, 3.8) is 0 Å². The summed E-state index contributed by atoms with van der Waals surface area (Å²) in [6.45, 7) is 5.04. The highest BCUT2D eigenvalue weighted by Crippen LogP contribution is 2.15. The van der Waals surface area contributed by atoms with Gasteiger partial charge >= 0.3 is 0 Å². The molecular formula is C11H17NO2. The van der Waals surface area contributed by atoms with Crippen LogP contribution in [0.2, 0.25) is 0 Å². The molecule has 1 rings (SSSR count). The van der Waals surface area contributed by atoms with Crippen molar-refractivity contribution in [3.05, 3.63) is 29.6 Å². The van der Waals surface area contributed by atoms with Crippen molar-refractivity contribution in [3.8, 4) is 0 Å². The fourth-order valence-electron chi connectivity index (χ4n) is 1.25. The topological polar surface area (TPSA) is 42.4 Å². The molecule has 78 valence electrons. The number of aromatic nitrogens is 1. The van der Waals surface area contributed by atoms with Crippen LogP contribution in [0, 0.1) is 6.92 Å². The number of aliphatic hydroxyl groups is 1. The molecule has 1 heterocycles. The number of aliphatic hydroxyl groups excluding tert-OH is 1. The first-order valence-electron chi connectivity index (χ1n) is 4.92. The number of nitrogens with zero attached hydrogens (tertiary/aromatic N) is 1. The van der Waals surface area contributed by atoms with Crippen molar-refractivity contribution < 1.29 is 9.84 Å². The first-order chi connectivity index (χ1) is 6.75. The molecule has 1 N–H and O–H groups in total. The molecule has 0 radical (unpaired) electrons. The lowest BCUT2D eigenvalue weighted by Gasteiger charge is -2.12. The Balaban J connectivity index is 2.51. The summed E-state index contributed by atoms with van der Waals surface area (Å²) in [4.78, 5) is 3.98. The Hall–Kier alpha value is -0.930. The fourth-order valence-corrected chi connectivity index (χ4v) is 1.25. The lowest BCUT2D eigenvalue weighted by atomic mass is 10.1. The van der Waals surface area contributed by atoms with Gasteiger partial charge < -0.3 is 9.84 Å². The molecule has 1 aromatic rings. The van der Waals surface area contributed by atoms with Crippen LogP contribution in [0.1, 0.15) is 30.6 Å². The van der Waals surface area contributed by atoms with Crippen molar-refractivity contribution in [1.82, 2.24) is 4.98 Å². The molecule has 3 nitrogen and oxygen atoms in total. The molecule has 3 heteroatoms. The van der Waals surface area contributed by atoms with E-state index in [2.05, 4.69) is 4.98 Å². The molecule has 1 aromatic heterocycles. The van der Waals surface area contributed by atoms with E-state index in [1.807, 2.05) is 19.9 Å². The average molecular weight is 195 g/mol. The van der Waals surface area contributed by atoms with E-state index in [0.29, 0.717) is 13.2 Å². The summed E-state index contributed by atoms with van der Waals surface area (Å²) in [5.41, 5.74) is 1.90. The zero-order valence-electron chi connectivity index (χ0n) is 8.73. The van der Waals surface area contributed by atoms with Crippen LogP contribution < -0.4 is 0 Å². The number of hydrogen-bond acceptors (Lipinski definition) is 3. The van der Waals surface area contributed by atoms with Crippen LogP contribution in [-0.2, 0) is 4.74 Å². The minimum atomic E-state index is -0.560. The SMILES string of the molecule is CCCOCC(O)c1cnccc1C. The highest BCUT2D eigenvalue weighted by Gasteiger charge is 2.09. The largest absolute Gasteiger partial charge is 0.386 e.